The molecular weight excluding hydrogens is 184 g/mol. The fourth-order valence-corrected chi connectivity index (χ4v) is 0.673. The van der Waals surface area contributed by atoms with Crippen LogP contribution in [0.2, 0.25) is 0 Å². The average molecular weight is 204 g/mol. The summed E-state index contributed by atoms with van der Waals surface area (Å²) in [5.41, 5.74) is 2.31. The van der Waals surface area contributed by atoms with Gasteiger partial charge in [-0.15, -0.1) is 0 Å². The number of hydrogen-bond acceptors (Lipinski definition) is 4. The van der Waals surface area contributed by atoms with Crippen LogP contribution in [0.3, 0.4) is 0 Å². The van der Waals surface area contributed by atoms with Gasteiger partial charge in [0.25, 0.3) is 0 Å². The Morgan fingerprint density at radius 3 is 2.50 bits per heavy atom. The first-order valence-electron chi connectivity index (χ1n) is 4.62. The smallest absolute Gasteiger partial charge is 0.236 e. The first-order valence-corrected chi connectivity index (χ1v) is 4.62. The molecule has 0 aromatic heterocycles. The van der Waals surface area contributed by atoms with Gasteiger partial charge in [0.2, 0.25) is 5.91 Å². The van der Waals surface area contributed by atoms with Crippen molar-refractivity contribution in [2.45, 2.75) is 26.4 Å². The van der Waals surface area contributed by atoms with Crippen molar-refractivity contribution >= 4 is 5.91 Å². The van der Waals surface area contributed by atoms with Gasteiger partial charge in [0, 0.05) is 13.7 Å². The molecule has 0 bridgehead atoms. The molecule has 0 aliphatic carbocycles. The Bertz CT molecular complexity index is 166. The second kappa shape index (κ2) is 6.75. The molecule has 2 N–H and O–H groups in total. The third-order valence-corrected chi connectivity index (χ3v) is 1.24. The highest BCUT2D eigenvalue weighted by Gasteiger charge is 2.10. The molecule has 14 heavy (non-hydrogen) atoms. The largest absolute Gasteiger partial charge is 0.383 e. The third-order valence-electron chi connectivity index (χ3n) is 1.24. The summed E-state index contributed by atoms with van der Waals surface area (Å²) in [5.74, 6) is -0.105. The van der Waals surface area contributed by atoms with Gasteiger partial charge in [-0.05, 0) is 20.8 Å². The maximum Gasteiger partial charge on any atom is 0.236 e. The minimum Gasteiger partial charge on any atom is -0.383 e. The Hall–Kier alpha value is -0.650. The lowest BCUT2D eigenvalue weighted by Crippen LogP contribution is -2.38. The molecule has 5 heteroatoms. The second-order valence-electron chi connectivity index (χ2n) is 3.88. The summed E-state index contributed by atoms with van der Waals surface area (Å²) in [6, 6.07) is 0. The summed E-state index contributed by atoms with van der Waals surface area (Å²) in [6.07, 6.45) is 0. The molecule has 0 saturated heterocycles. The van der Waals surface area contributed by atoms with Crippen LogP contribution < -0.4 is 10.8 Å². The van der Waals surface area contributed by atoms with E-state index in [1.807, 2.05) is 20.8 Å². The third kappa shape index (κ3) is 9.44. The van der Waals surface area contributed by atoms with Crippen molar-refractivity contribution in [3.05, 3.63) is 0 Å². The summed E-state index contributed by atoms with van der Waals surface area (Å²) in [4.78, 5) is 16.3. The molecule has 1 amide bonds. The monoisotopic (exact) mass is 204 g/mol. The lowest BCUT2D eigenvalue weighted by atomic mass is 10.2. The quantitative estimate of drug-likeness (QED) is 0.475. The number of carbonyl (C=O) groups excluding carboxylic acids is 1. The maximum atomic E-state index is 11.1. The topological polar surface area (TPSA) is 59.6 Å². The van der Waals surface area contributed by atoms with Crippen molar-refractivity contribution in [2.24, 2.45) is 0 Å². The number of methoxy groups -OCH3 is 1. The van der Waals surface area contributed by atoms with Gasteiger partial charge in [0.1, 0.15) is 0 Å². The minimum atomic E-state index is -0.285. The van der Waals surface area contributed by atoms with E-state index in [0.29, 0.717) is 13.2 Å². The molecule has 0 heterocycles. The molecule has 0 saturated carbocycles. The lowest BCUT2D eigenvalue weighted by molar-refractivity contribution is -0.127. The molecule has 0 atom stereocenters. The normalized spacial score (nSPS) is 11.4. The van der Waals surface area contributed by atoms with E-state index in [1.165, 1.54) is 0 Å². The molecule has 84 valence electrons. The predicted molar refractivity (Wildman–Crippen MR) is 53.7 cm³/mol. The molecule has 0 radical (unpaired) electrons. The second-order valence-corrected chi connectivity index (χ2v) is 3.88. The van der Waals surface area contributed by atoms with Crippen molar-refractivity contribution in [3.8, 4) is 0 Å². The van der Waals surface area contributed by atoms with Gasteiger partial charge >= 0.3 is 0 Å². The van der Waals surface area contributed by atoms with Crippen LogP contribution in [-0.2, 0) is 14.4 Å². The van der Waals surface area contributed by atoms with Crippen molar-refractivity contribution in [3.63, 3.8) is 0 Å². The molecule has 0 unspecified atom stereocenters. The number of rotatable bonds is 6. The van der Waals surface area contributed by atoms with E-state index in [1.54, 1.807) is 7.11 Å². The lowest BCUT2D eigenvalue weighted by Gasteiger charge is -2.18. The summed E-state index contributed by atoms with van der Waals surface area (Å²) in [5, 5.41) is 2.66. The summed E-state index contributed by atoms with van der Waals surface area (Å²) in [7, 11) is 1.59. The number of nitrogens with one attached hydrogen (secondary N) is 2. The first kappa shape index (κ1) is 13.4. The van der Waals surface area contributed by atoms with E-state index in [9.17, 15) is 4.79 Å². The Morgan fingerprint density at radius 2 is 2.00 bits per heavy atom. The van der Waals surface area contributed by atoms with Crippen molar-refractivity contribution in [2.75, 3.05) is 26.8 Å². The van der Waals surface area contributed by atoms with Crippen molar-refractivity contribution in [1.29, 1.82) is 0 Å². The molecule has 0 rings (SSSR count). The van der Waals surface area contributed by atoms with Gasteiger partial charge in [0.15, 0.2) is 0 Å². The van der Waals surface area contributed by atoms with Crippen LogP contribution in [0.4, 0.5) is 0 Å². The number of ether oxygens (including phenoxy) is 1. The van der Waals surface area contributed by atoms with E-state index in [0.717, 1.165) is 0 Å². The van der Waals surface area contributed by atoms with Crippen LogP contribution in [-0.4, -0.2) is 38.3 Å². The molecule has 5 nitrogen and oxygen atoms in total. The SMILES string of the molecule is COCCNC(=O)CNOC(C)(C)C. The molecule has 0 aliphatic rings. The highest BCUT2D eigenvalue weighted by molar-refractivity contribution is 5.77. The van der Waals surface area contributed by atoms with E-state index >= 15 is 0 Å². The van der Waals surface area contributed by atoms with Gasteiger partial charge in [-0.3, -0.25) is 9.63 Å². The summed E-state index contributed by atoms with van der Waals surface area (Å²) in [6.45, 7) is 6.91. The van der Waals surface area contributed by atoms with Crippen LogP contribution in [0.1, 0.15) is 20.8 Å². The maximum absolute atomic E-state index is 11.1. The number of carbonyl (C=O) groups is 1. The van der Waals surface area contributed by atoms with Gasteiger partial charge in [-0.2, -0.15) is 5.48 Å². The molecule has 0 aromatic rings. The number of amides is 1. The molecular formula is C9H20N2O3. The van der Waals surface area contributed by atoms with Gasteiger partial charge in [0.05, 0.1) is 18.8 Å². The van der Waals surface area contributed by atoms with E-state index in [4.69, 9.17) is 9.57 Å². The van der Waals surface area contributed by atoms with Crippen LogP contribution >= 0.6 is 0 Å². The fourth-order valence-electron chi connectivity index (χ4n) is 0.673. The Kier molecular flexibility index (Phi) is 6.44. The van der Waals surface area contributed by atoms with Crippen molar-refractivity contribution < 1.29 is 14.4 Å². The molecule has 0 spiro atoms. The zero-order valence-electron chi connectivity index (χ0n) is 9.35. The highest BCUT2D eigenvalue weighted by atomic mass is 16.7. The number of hydrogen-bond donors (Lipinski definition) is 2. The zero-order valence-corrected chi connectivity index (χ0v) is 9.35. The summed E-state index contributed by atoms with van der Waals surface area (Å²) >= 11 is 0. The molecule has 0 fully saturated rings. The molecule has 0 aliphatic heterocycles. The first-order chi connectivity index (χ1) is 6.45. The Morgan fingerprint density at radius 1 is 1.36 bits per heavy atom. The van der Waals surface area contributed by atoms with Gasteiger partial charge < -0.3 is 10.1 Å². The number of hydroxylamine groups is 1. The van der Waals surface area contributed by atoms with E-state index in [-0.39, 0.29) is 18.1 Å². The standard InChI is InChI=1S/C9H20N2O3/c1-9(2,3)14-11-7-8(12)10-5-6-13-4/h11H,5-7H2,1-4H3,(H,10,12). The highest BCUT2D eigenvalue weighted by Crippen LogP contribution is 2.02. The van der Waals surface area contributed by atoms with Gasteiger partial charge in [-0.25, -0.2) is 0 Å². The van der Waals surface area contributed by atoms with Crippen LogP contribution in [0.25, 0.3) is 0 Å². The van der Waals surface area contributed by atoms with E-state index < -0.39 is 0 Å². The van der Waals surface area contributed by atoms with Crippen molar-refractivity contribution in [1.82, 2.24) is 10.8 Å². The Balaban J connectivity index is 3.36. The molecule has 0 aromatic carbocycles. The van der Waals surface area contributed by atoms with Crippen LogP contribution in [0.5, 0.6) is 0 Å². The minimum absolute atomic E-state index is 0.105. The fraction of sp³-hybridized carbons (Fsp3) is 0.889. The van der Waals surface area contributed by atoms with Crippen LogP contribution in [0, 0.1) is 0 Å². The predicted octanol–water partition coefficient (Wildman–Crippen LogP) is 0.0687. The zero-order chi connectivity index (χ0) is 11.0. The van der Waals surface area contributed by atoms with Crippen LogP contribution in [0.15, 0.2) is 0 Å². The average Bonchev–Trinajstić information content (AvgIpc) is 2.02. The summed E-state index contributed by atoms with van der Waals surface area (Å²) < 4.78 is 4.78. The Labute approximate surface area is 85.1 Å². The van der Waals surface area contributed by atoms with E-state index in [2.05, 4.69) is 10.8 Å². The van der Waals surface area contributed by atoms with Gasteiger partial charge in [-0.1, -0.05) is 0 Å².